The summed E-state index contributed by atoms with van der Waals surface area (Å²) in [5.74, 6) is -1.14. The van der Waals surface area contributed by atoms with Crippen LogP contribution in [-0.2, 0) is 0 Å². The van der Waals surface area contributed by atoms with E-state index in [0.717, 1.165) is 4.68 Å². The number of para-hydroxylation sites is 1. The van der Waals surface area contributed by atoms with Gasteiger partial charge in [0.25, 0.3) is 0 Å². The summed E-state index contributed by atoms with van der Waals surface area (Å²) in [6.45, 7) is 1.83. The van der Waals surface area contributed by atoms with Crippen LogP contribution in [0.3, 0.4) is 0 Å². The largest absolute Gasteiger partial charge is 0.478 e. The predicted molar refractivity (Wildman–Crippen MR) is 103 cm³/mol. The molecule has 0 aliphatic rings. The van der Waals surface area contributed by atoms with E-state index in [2.05, 4.69) is 10.4 Å². The van der Waals surface area contributed by atoms with Crippen LogP contribution in [-0.4, -0.2) is 43.4 Å². The molecular weight excluding hydrogens is 409 g/mol. The van der Waals surface area contributed by atoms with E-state index in [4.69, 9.17) is 28.3 Å². The van der Waals surface area contributed by atoms with Gasteiger partial charge in [0, 0.05) is 12.2 Å². The van der Waals surface area contributed by atoms with Gasteiger partial charge in [-0.05, 0) is 47.7 Å². The van der Waals surface area contributed by atoms with Gasteiger partial charge in [-0.15, -0.1) is 4.68 Å². The van der Waals surface area contributed by atoms with Crippen LogP contribution in [0.5, 0.6) is 0 Å². The molecule has 0 radical (unpaired) electrons. The SMILES string of the molecule is CCN(C(=O)n1nnn(-c2c(Cl)cccc2Cl)c1=O)c1cccc(C(=O)O)c1. The summed E-state index contributed by atoms with van der Waals surface area (Å²) < 4.78 is 1.38. The van der Waals surface area contributed by atoms with Crippen molar-refractivity contribution in [3.05, 3.63) is 68.6 Å². The second-order valence-corrected chi connectivity index (χ2v) is 6.35. The maximum atomic E-state index is 12.9. The smallest absolute Gasteiger partial charge is 0.377 e. The standard InChI is InChI=1S/C17H13Cl2N5O4/c1-2-22(11-6-3-5-10(9-11)15(25)26)16(27)24-17(28)23(20-21-24)14-12(18)7-4-8-13(14)19/h3-9H,2H2,1H3,(H,25,26). The van der Waals surface area contributed by atoms with Crippen LogP contribution in [0.1, 0.15) is 17.3 Å². The van der Waals surface area contributed by atoms with Gasteiger partial charge in [0.2, 0.25) is 0 Å². The number of aromatic carboxylic acids is 1. The molecule has 0 aliphatic heterocycles. The van der Waals surface area contributed by atoms with Crippen molar-refractivity contribution in [2.45, 2.75) is 6.92 Å². The Balaban J connectivity index is 2.03. The zero-order chi connectivity index (χ0) is 20.4. The molecule has 1 amide bonds. The Kier molecular flexibility index (Phi) is 5.48. The third-order valence-electron chi connectivity index (χ3n) is 3.86. The number of carboxylic acid groups (broad SMARTS) is 1. The number of carboxylic acids is 1. The summed E-state index contributed by atoms with van der Waals surface area (Å²) in [5.41, 5.74) is -0.467. The Bertz CT molecular complexity index is 1100. The van der Waals surface area contributed by atoms with E-state index in [9.17, 15) is 14.4 Å². The Morgan fingerprint density at radius 2 is 1.75 bits per heavy atom. The molecule has 9 nitrogen and oxygen atoms in total. The Morgan fingerprint density at radius 1 is 1.11 bits per heavy atom. The normalized spacial score (nSPS) is 10.7. The molecule has 0 fully saturated rings. The van der Waals surface area contributed by atoms with E-state index in [-0.39, 0.29) is 27.8 Å². The average molecular weight is 422 g/mol. The zero-order valence-corrected chi connectivity index (χ0v) is 15.9. The summed E-state index contributed by atoms with van der Waals surface area (Å²) in [7, 11) is 0. The molecule has 1 N–H and O–H groups in total. The zero-order valence-electron chi connectivity index (χ0n) is 14.4. The Morgan fingerprint density at radius 3 is 2.36 bits per heavy atom. The number of hydrogen-bond acceptors (Lipinski definition) is 5. The quantitative estimate of drug-likeness (QED) is 0.648. The summed E-state index contributed by atoms with van der Waals surface area (Å²) in [6.07, 6.45) is 0. The Hall–Kier alpha value is -3.17. The van der Waals surface area contributed by atoms with Crippen LogP contribution in [0.4, 0.5) is 10.5 Å². The number of hydrogen-bond donors (Lipinski definition) is 1. The number of carbonyl (C=O) groups is 2. The van der Waals surface area contributed by atoms with Gasteiger partial charge in [-0.2, -0.15) is 4.68 Å². The van der Waals surface area contributed by atoms with Crippen molar-refractivity contribution in [2.24, 2.45) is 0 Å². The highest BCUT2D eigenvalue weighted by molar-refractivity contribution is 6.37. The molecule has 0 spiro atoms. The first-order valence-corrected chi connectivity index (χ1v) is 8.75. The second kappa shape index (κ2) is 7.83. The van der Waals surface area contributed by atoms with Crippen molar-refractivity contribution < 1.29 is 14.7 Å². The van der Waals surface area contributed by atoms with Crippen molar-refractivity contribution in [1.29, 1.82) is 0 Å². The molecule has 144 valence electrons. The van der Waals surface area contributed by atoms with Crippen LogP contribution < -0.4 is 10.6 Å². The number of aromatic nitrogens is 4. The first-order chi connectivity index (χ1) is 13.3. The minimum absolute atomic E-state index is 0.00241. The number of halogens is 2. The van der Waals surface area contributed by atoms with Crippen LogP contribution in [0.2, 0.25) is 10.0 Å². The monoisotopic (exact) mass is 421 g/mol. The fraction of sp³-hybridized carbons (Fsp3) is 0.118. The summed E-state index contributed by atoms with van der Waals surface area (Å²) in [6, 6.07) is 9.60. The van der Waals surface area contributed by atoms with E-state index in [0.29, 0.717) is 10.4 Å². The van der Waals surface area contributed by atoms with Gasteiger partial charge in [-0.25, -0.2) is 14.4 Å². The highest BCUT2D eigenvalue weighted by atomic mass is 35.5. The van der Waals surface area contributed by atoms with Gasteiger partial charge in [-0.3, -0.25) is 4.90 Å². The average Bonchev–Trinajstić information content (AvgIpc) is 3.03. The number of anilines is 1. The number of carbonyl (C=O) groups excluding carboxylic acids is 1. The number of nitrogens with zero attached hydrogens (tertiary/aromatic N) is 5. The van der Waals surface area contributed by atoms with E-state index in [1.54, 1.807) is 19.1 Å². The van der Waals surface area contributed by atoms with E-state index >= 15 is 0 Å². The van der Waals surface area contributed by atoms with Crippen molar-refractivity contribution >= 4 is 40.9 Å². The fourth-order valence-corrected chi connectivity index (χ4v) is 3.11. The first kappa shape index (κ1) is 19.6. The lowest BCUT2D eigenvalue weighted by Gasteiger charge is -2.19. The number of rotatable bonds is 4. The van der Waals surface area contributed by atoms with Gasteiger partial charge in [0.15, 0.2) is 0 Å². The van der Waals surface area contributed by atoms with E-state index < -0.39 is 17.7 Å². The van der Waals surface area contributed by atoms with Crippen LogP contribution in [0, 0.1) is 0 Å². The lowest BCUT2D eigenvalue weighted by Crippen LogP contribution is -2.41. The summed E-state index contributed by atoms with van der Waals surface area (Å²) >= 11 is 12.2. The summed E-state index contributed by atoms with van der Waals surface area (Å²) in [5, 5.41) is 16.8. The fourth-order valence-electron chi connectivity index (χ4n) is 2.55. The molecule has 11 heteroatoms. The molecule has 28 heavy (non-hydrogen) atoms. The van der Waals surface area contributed by atoms with Crippen molar-refractivity contribution in [2.75, 3.05) is 11.4 Å². The summed E-state index contributed by atoms with van der Waals surface area (Å²) in [4.78, 5) is 37.9. The molecule has 2 aromatic carbocycles. The highest BCUT2D eigenvalue weighted by Gasteiger charge is 2.24. The van der Waals surface area contributed by atoms with Crippen molar-refractivity contribution in [3.8, 4) is 5.69 Å². The number of amides is 1. The third kappa shape index (κ3) is 3.49. The molecule has 1 aromatic heterocycles. The molecule has 0 bridgehead atoms. The van der Waals surface area contributed by atoms with Crippen molar-refractivity contribution in [1.82, 2.24) is 19.8 Å². The highest BCUT2D eigenvalue weighted by Crippen LogP contribution is 2.26. The first-order valence-electron chi connectivity index (χ1n) is 7.99. The minimum Gasteiger partial charge on any atom is -0.478 e. The van der Waals surface area contributed by atoms with Crippen LogP contribution in [0.15, 0.2) is 47.3 Å². The maximum Gasteiger partial charge on any atom is 0.377 e. The van der Waals surface area contributed by atoms with Crippen molar-refractivity contribution in [3.63, 3.8) is 0 Å². The molecule has 0 aliphatic carbocycles. The van der Waals surface area contributed by atoms with Gasteiger partial charge in [0.05, 0.1) is 15.6 Å². The molecule has 1 heterocycles. The number of tetrazole rings is 1. The molecule has 0 atom stereocenters. The van der Waals surface area contributed by atoms with Crippen LogP contribution >= 0.6 is 23.2 Å². The molecule has 3 aromatic rings. The molecular formula is C17H13Cl2N5O4. The molecule has 0 saturated carbocycles. The van der Waals surface area contributed by atoms with Gasteiger partial charge >= 0.3 is 17.7 Å². The van der Waals surface area contributed by atoms with Gasteiger partial charge < -0.3 is 5.11 Å². The topological polar surface area (TPSA) is 110 Å². The van der Waals surface area contributed by atoms with E-state index in [1.807, 2.05) is 0 Å². The Labute approximate surface area is 168 Å². The maximum absolute atomic E-state index is 12.9. The molecule has 0 saturated heterocycles. The molecule has 3 rings (SSSR count). The third-order valence-corrected chi connectivity index (χ3v) is 4.47. The predicted octanol–water partition coefficient (Wildman–Crippen LogP) is 2.93. The minimum atomic E-state index is -1.14. The van der Waals surface area contributed by atoms with Gasteiger partial charge in [0.1, 0.15) is 5.69 Å². The molecule has 0 unspecified atom stereocenters. The van der Waals surface area contributed by atoms with E-state index in [1.165, 1.54) is 35.2 Å². The van der Waals surface area contributed by atoms with Crippen LogP contribution in [0.25, 0.3) is 5.69 Å². The lowest BCUT2D eigenvalue weighted by molar-refractivity contribution is 0.0697. The van der Waals surface area contributed by atoms with Gasteiger partial charge in [-0.1, -0.05) is 35.3 Å². The second-order valence-electron chi connectivity index (χ2n) is 5.54. The number of benzene rings is 2. The lowest BCUT2D eigenvalue weighted by atomic mass is 10.2.